The van der Waals surface area contributed by atoms with Crippen LogP contribution < -0.4 is 5.73 Å². The van der Waals surface area contributed by atoms with Crippen LogP contribution in [-0.4, -0.2) is 30.7 Å². The van der Waals surface area contributed by atoms with Gasteiger partial charge in [0.15, 0.2) is 0 Å². The van der Waals surface area contributed by atoms with Crippen LogP contribution in [0.5, 0.6) is 0 Å². The van der Waals surface area contributed by atoms with Crippen molar-refractivity contribution >= 4 is 17.4 Å². The summed E-state index contributed by atoms with van der Waals surface area (Å²) in [6, 6.07) is 5.88. The van der Waals surface area contributed by atoms with Crippen molar-refractivity contribution in [2.45, 2.75) is 17.9 Å². The van der Waals surface area contributed by atoms with Crippen LogP contribution in [0.25, 0.3) is 0 Å². The quantitative estimate of drug-likeness (QED) is 0.593. The third-order valence-corrected chi connectivity index (χ3v) is 3.18. The Morgan fingerprint density at radius 3 is 2.87 bits per heavy atom. The molecule has 0 aliphatic heterocycles. The smallest absolute Gasteiger partial charge is 0.0867 e. The fraction of sp³-hybridized carbons (Fsp3) is 0.455. The number of nitrogen functional groups attached to an aromatic ring is 1. The van der Waals surface area contributed by atoms with Gasteiger partial charge in [0.1, 0.15) is 0 Å². The molecule has 0 aromatic heterocycles. The number of aliphatic hydroxyl groups excluding tert-OH is 1. The number of aliphatic hydroxyl groups is 1. The second-order valence-corrected chi connectivity index (χ2v) is 4.53. The van der Waals surface area contributed by atoms with Crippen LogP contribution >= 0.6 is 11.8 Å². The monoisotopic (exact) mass is 227 g/mol. The molecule has 0 radical (unpaired) electrons. The van der Waals surface area contributed by atoms with Crippen LogP contribution in [0.1, 0.15) is 5.56 Å². The number of hydrogen-bond acceptors (Lipinski definition) is 4. The van der Waals surface area contributed by atoms with Crippen molar-refractivity contribution in [2.24, 2.45) is 0 Å². The summed E-state index contributed by atoms with van der Waals surface area (Å²) >= 11 is 1.61. The van der Waals surface area contributed by atoms with Gasteiger partial charge in [-0.3, -0.25) is 0 Å². The fourth-order valence-electron chi connectivity index (χ4n) is 1.17. The molecule has 1 atom stereocenters. The molecule has 0 aliphatic rings. The maximum absolute atomic E-state index is 9.46. The standard InChI is InChI=1S/C11H17NO2S/c1-8-5-10(3-4-11(8)12)15-7-9(13)6-14-2/h3-5,9,13H,6-7,12H2,1-2H3. The summed E-state index contributed by atoms with van der Waals surface area (Å²) in [6.07, 6.45) is -0.419. The molecule has 3 N–H and O–H groups in total. The Hall–Kier alpha value is -0.710. The Balaban J connectivity index is 2.47. The van der Waals surface area contributed by atoms with E-state index in [1.54, 1.807) is 18.9 Å². The van der Waals surface area contributed by atoms with Gasteiger partial charge in [-0.2, -0.15) is 0 Å². The lowest BCUT2D eigenvalue weighted by atomic mass is 10.2. The highest BCUT2D eigenvalue weighted by Crippen LogP contribution is 2.22. The number of anilines is 1. The van der Waals surface area contributed by atoms with Crippen molar-refractivity contribution in [2.75, 3.05) is 25.2 Å². The predicted octanol–water partition coefficient (Wildman–Crippen LogP) is 1.68. The van der Waals surface area contributed by atoms with Gasteiger partial charge in [0.2, 0.25) is 0 Å². The van der Waals surface area contributed by atoms with E-state index in [9.17, 15) is 5.11 Å². The second-order valence-electron chi connectivity index (χ2n) is 3.44. The van der Waals surface area contributed by atoms with Crippen molar-refractivity contribution in [1.82, 2.24) is 0 Å². The van der Waals surface area contributed by atoms with Gasteiger partial charge < -0.3 is 15.6 Å². The van der Waals surface area contributed by atoms with E-state index in [4.69, 9.17) is 10.5 Å². The van der Waals surface area contributed by atoms with E-state index < -0.39 is 6.10 Å². The van der Waals surface area contributed by atoms with Crippen LogP contribution in [0.3, 0.4) is 0 Å². The summed E-state index contributed by atoms with van der Waals surface area (Å²) in [4.78, 5) is 1.12. The van der Waals surface area contributed by atoms with Gasteiger partial charge in [0.25, 0.3) is 0 Å². The molecule has 4 heteroatoms. The SMILES string of the molecule is COCC(O)CSc1ccc(N)c(C)c1. The first-order valence-corrected chi connectivity index (χ1v) is 5.78. The van der Waals surface area contributed by atoms with Gasteiger partial charge in [-0.05, 0) is 30.7 Å². The van der Waals surface area contributed by atoms with Gasteiger partial charge in [-0.25, -0.2) is 0 Å². The Morgan fingerprint density at radius 2 is 2.27 bits per heavy atom. The van der Waals surface area contributed by atoms with Crippen molar-refractivity contribution < 1.29 is 9.84 Å². The number of methoxy groups -OCH3 is 1. The van der Waals surface area contributed by atoms with Crippen molar-refractivity contribution in [3.8, 4) is 0 Å². The van der Waals surface area contributed by atoms with Gasteiger partial charge >= 0.3 is 0 Å². The van der Waals surface area contributed by atoms with Crippen LogP contribution in [0.2, 0.25) is 0 Å². The number of thioether (sulfide) groups is 1. The molecule has 84 valence electrons. The maximum Gasteiger partial charge on any atom is 0.0867 e. The predicted molar refractivity (Wildman–Crippen MR) is 64.2 cm³/mol. The number of hydrogen-bond donors (Lipinski definition) is 2. The Labute approximate surface area is 94.6 Å². The first kappa shape index (κ1) is 12.4. The van der Waals surface area contributed by atoms with Crippen LogP contribution in [0.15, 0.2) is 23.1 Å². The van der Waals surface area contributed by atoms with Crippen molar-refractivity contribution in [3.63, 3.8) is 0 Å². The van der Waals surface area contributed by atoms with E-state index in [1.165, 1.54) is 0 Å². The number of benzene rings is 1. The highest BCUT2D eigenvalue weighted by molar-refractivity contribution is 7.99. The zero-order valence-electron chi connectivity index (χ0n) is 9.06. The molecular weight excluding hydrogens is 210 g/mol. The molecule has 1 aromatic carbocycles. The molecule has 0 aliphatic carbocycles. The fourth-order valence-corrected chi connectivity index (χ4v) is 2.08. The summed E-state index contributed by atoms with van der Waals surface area (Å²) in [5, 5.41) is 9.46. The third-order valence-electron chi connectivity index (χ3n) is 2.04. The van der Waals surface area contributed by atoms with E-state index in [0.717, 1.165) is 16.1 Å². The minimum absolute atomic E-state index is 0.376. The van der Waals surface area contributed by atoms with E-state index in [1.807, 2.05) is 25.1 Å². The number of nitrogens with two attached hydrogens (primary N) is 1. The van der Waals surface area contributed by atoms with E-state index in [2.05, 4.69) is 0 Å². The molecule has 0 spiro atoms. The molecule has 0 saturated heterocycles. The van der Waals surface area contributed by atoms with E-state index in [-0.39, 0.29) is 0 Å². The molecule has 1 unspecified atom stereocenters. The molecule has 0 amide bonds. The van der Waals surface area contributed by atoms with Crippen LogP contribution in [0, 0.1) is 6.92 Å². The molecule has 0 heterocycles. The van der Waals surface area contributed by atoms with E-state index >= 15 is 0 Å². The van der Waals surface area contributed by atoms with Crippen molar-refractivity contribution in [1.29, 1.82) is 0 Å². The van der Waals surface area contributed by atoms with Gasteiger partial charge in [0.05, 0.1) is 12.7 Å². The molecule has 0 saturated carbocycles. The molecule has 15 heavy (non-hydrogen) atoms. The summed E-state index contributed by atoms with van der Waals surface area (Å²) in [5.41, 5.74) is 7.59. The molecule has 0 fully saturated rings. The largest absolute Gasteiger partial charge is 0.399 e. The lowest BCUT2D eigenvalue weighted by Gasteiger charge is -2.09. The van der Waals surface area contributed by atoms with Gasteiger partial charge in [-0.1, -0.05) is 0 Å². The minimum Gasteiger partial charge on any atom is -0.399 e. The molecule has 3 nitrogen and oxygen atoms in total. The number of aryl methyl sites for hydroxylation is 1. The summed E-state index contributed by atoms with van der Waals surface area (Å²) < 4.78 is 4.85. The topological polar surface area (TPSA) is 55.5 Å². The number of rotatable bonds is 5. The Bertz CT molecular complexity index is 317. The zero-order chi connectivity index (χ0) is 11.3. The minimum atomic E-state index is -0.419. The lowest BCUT2D eigenvalue weighted by molar-refractivity contribution is 0.0794. The molecule has 1 rings (SSSR count). The second kappa shape index (κ2) is 6.00. The summed E-state index contributed by atoms with van der Waals surface area (Å²) in [5.74, 6) is 0.636. The van der Waals surface area contributed by atoms with Gasteiger partial charge in [-0.15, -0.1) is 11.8 Å². The summed E-state index contributed by atoms with van der Waals surface area (Å²) in [6.45, 7) is 2.35. The average molecular weight is 227 g/mol. The van der Waals surface area contributed by atoms with Crippen molar-refractivity contribution in [3.05, 3.63) is 23.8 Å². The Morgan fingerprint density at radius 1 is 1.53 bits per heavy atom. The zero-order valence-corrected chi connectivity index (χ0v) is 9.88. The van der Waals surface area contributed by atoms with Crippen LogP contribution in [-0.2, 0) is 4.74 Å². The molecule has 0 bridgehead atoms. The van der Waals surface area contributed by atoms with Gasteiger partial charge in [0, 0.05) is 23.4 Å². The maximum atomic E-state index is 9.46. The first-order valence-electron chi connectivity index (χ1n) is 4.79. The normalized spacial score (nSPS) is 12.7. The molecule has 1 aromatic rings. The lowest BCUT2D eigenvalue weighted by Crippen LogP contribution is -2.16. The first-order chi connectivity index (χ1) is 7.13. The average Bonchev–Trinajstić information content (AvgIpc) is 2.20. The Kier molecular flexibility index (Phi) is 4.94. The summed E-state index contributed by atoms with van der Waals surface area (Å²) in [7, 11) is 1.58. The highest BCUT2D eigenvalue weighted by atomic mass is 32.2. The third kappa shape index (κ3) is 4.11. The van der Waals surface area contributed by atoms with E-state index in [0.29, 0.717) is 12.4 Å². The number of ether oxygens (including phenoxy) is 1. The molecular formula is C11H17NO2S. The highest BCUT2D eigenvalue weighted by Gasteiger charge is 2.04. The van der Waals surface area contributed by atoms with Crippen LogP contribution in [0.4, 0.5) is 5.69 Å².